The molecule has 0 unspecified atom stereocenters. The van der Waals surface area contributed by atoms with E-state index in [1.54, 1.807) is 12.1 Å². The minimum atomic E-state index is -1.11. The number of imidazole rings is 1. The van der Waals surface area contributed by atoms with E-state index in [4.69, 9.17) is 14.9 Å². The molecule has 0 atom stereocenters. The molecule has 0 fully saturated rings. The van der Waals surface area contributed by atoms with E-state index in [1.165, 1.54) is 18.3 Å². The van der Waals surface area contributed by atoms with E-state index in [1.807, 2.05) is 0 Å². The number of rotatable bonds is 4. The summed E-state index contributed by atoms with van der Waals surface area (Å²) in [7, 11) is 0. The Kier molecular flexibility index (Phi) is 2.95. The van der Waals surface area contributed by atoms with Crippen LogP contribution in [-0.2, 0) is 6.61 Å². The van der Waals surface area contributed by atoms with Crippen LogP contribution in [0.2, 0.25) is 0 Å². The Morgan fingerprint density at radius 2 is 2.06 bits per heavy atom. The van der Waals surface area contributed by atoms with Crippen LogP contribution in [-0.4, -0.2) is 26.2 Å². The van der Waals surface area contributed by atoms with E-state index in [9.17, 15) is 4.79 Å². The fourth-order valence-corrected chi connectivity index (χ4v) is 1.24. The Morgan fingerprint density at radius 3 is 2.65 bits per heavy atom. The van der Waals surface area contributed by atoms with E-state index in [-0.39, 0.29) is 18.2 Å². The van der Waals surface area contributed by atoms with Gasteiger partial charge in [0.25, 0.3) is 0 Å². The van der Waals surface area contributed by atoms with E-state index >= 15 is 0 Å². The number of benzene rings is 1. The third kappa shape index (κ3) is 2.75. The largest absolute Gasteiger partial charge is 0.508 e. The molecule has 0 amide bonds. The van der Waals surface area contributed by atoms with Gasteiger partial charge >= 0.3 is 5.97 Å². The van der Waals surface area contributed by atoms with Gasteiger partial charge in [0.1, 0.15) is 18.1 Å². The summed E-state index contributed by atoms with van der Waals surface area (Å²) in [4.78, 5) is 16.8. The number of phenolic OH excluding ortho intramolecular Hbond substituents is 1. The molecule has 0 saturated carbocycles. The fourth-order valence-electron chi connectivity index (χ4n) is 1.24. The number of aromatic nitrogens is 2. The monoisotopic (exact) mass is 234 g/mol. The average Bonchev–Trinajstić information content (AvgIpc) is 2.77. The van der Waals surface area contributed by atoms with Crippen molar-refractivity contribution in [2.24, 2.45) is 0 Å². The van der Waals surface area contributed by atoms with Crippen molar-refractivity contribution in [1.82, 2.24) is 9.97 Å². The van der Waals surface area contributed by atoms with Crippen LogP contribution in [0.15, 0.2) is 30.5 Å². The zero-order chi connectivity index (χ0) is 12.3. The molecule has 0 spiro atoms. The molecule has 1 aromatic heterocycles. The van der Waals surface area contributed by atoms with Gasteiger partial charge < -0.3 is 19.9 Å². The molecule has 6 heteroatoms. The maximum absolute atomic E-state index is 10.6. The summed E-state index contributed by atoms with van der Waals surface area (Å²) in [6.07, 6.45) is 1.41. The van der Waals surface area contributed by atoms with Crippen molar-refractivity contribution in [3.05, 3.63) is 42.0 Å². The lowest BCUT2D eigenvalue weighted by atomic mass is 10.3. The number of ether oxygens (including phenoxy) is 1. The number of H-pyrrole nitrogens is 1. The lowest BCUT2D eigenvalue weighted by molar-refractivity contribution is 0.0684. The Morgan fingerprint density at radius 1 is 1.35 bits per heavy atom. The molecule has 0 aliphatic carbocycles. The number of hydrogen-bond donors (Lipinski definition) is 3. The van der Waals surface area contributed by atoms with Gasteiger partial charge in [-0.25, -0.2) is 9.78 Å². The molecule has 0 aliphatic rings. The quantitative estimate of drug-likeness (QED) is 0.743. The van der Waals surface area contributed by atoms with Crippen molar-refractivity contribution in [1.29, 1.82) is 0 Å². The third-order valence-corrected chi connectivity index (χ3v) is 2.06. The maximum Gasteiger partial charge on any atom is 0.371 e. The van der Waals surface area contributed by atoms with E-state index in [0.29, 0.717) is 11.4 Å². The topological polar surface area (TPSA) is 95.4 Å². The molecular weight excluding hydrogens is 224 g/mol. The first kappa shape index (κ1) is 11.0. The van der Waals surface area contributed by atoms with Crippen molar-refractivity contribution >= 4 is 5.97 Å². The number of aromatic hydroxyl groups is 1. The highest BCUT2D eigenvalue weighted by Crippen LogP contribution is 2.16. The molecule has 0 aliphatic heterocycles. The Hall–Kier alpha value is -2.50. The second-order valence-electron chi connectivity index (χ2n) is 3.34. The van der Waals surface area contributed by atoms with Crippen molar-refractivity contribution in [3.8, 4) is 11.5 Å². The van der Waals surface area contributed by atoms with Crippen LogP contribution in [0.4, 0.5) is 0 Å². The van der Waals surface area contributed by atoms with Gasteiger partial charge in [0.2, 0.25) is 5.82 Å². The summed E-state index contributed by atoms with van der Waals surface area (Å²) in [6, 6.07) is 6.24. The third-order valence-electron chi connectivity index (χ3n) is 2.06. The number of nitrogens with zero attached hydrogens (tertiary/aromatic N) is 1. The SMILES string of the molecule is O=C(O)c1ncc(COc2ccc(O)cc2)[nH]1. The van der Waals surface area contributed by atoms with Gasteiger partial charge in [0, 0.05) is 0 Å². The number of aromatic amines is 1. The van der Waals surface area contributed by atoms with E-state index in [0.717, 1.165) is 0 Å². The summed E-state index contributed by atoms with van der Waals surface area (Å²) < 4.78 is 5.36. The molecule has 0 radical (unpaired) electrons. The van der Waals surface area contributed by atoms with Crippen LogP contribution in [0.25, 0.3) is 0 Å². The van der Waals surface area contributed by atoms with Crippen molar-refractivity contribution in [2.45, 2.75) is 6.61 Å². The molecule has 0 bridgehead atoms. The second kappa shape index (κ2) is 4.56. The van der Waals surface area contributed by atoms with Crippen LogP contribution in [0.3, 0.4) is 0 Å². The predicted molar refractivity (Wildman–Crippen MR) is 58.0 cm³/mol. The minimum absolute atomic E-state index is 0.116. The number of aromatic carboxylic acids is 1. The molecule has 17 heavy (non-hydrogen) atoms. The van der Waals surface area contributed by atoms with Crippen molar-refractivity contribution in [3.63, 3.8) is 0 Å². The number of nitrogens with one attached hydrogen (secondary N) is 1. The van der Waals surface area contributed by atoms with Gasteiger partial charge in [-0.1, -0.05) is 0 Å². The number of carboxylic acids is 1. The van der Waals surface area contributed by atoms with Crippen molar-refractivity contribution in [2.75, 3.05) is 0 Å². The lowest BCUT2D eigenvalue weighted by Gasteiger charge is -2.03. The Balaban J connectivity index is 1.97. The molecule has 2 rings (SSSR count). The number of hydrogen-bond acceptors (Lipinski definition) is 4. The first-order chi connectivity index (χ1) is 8.15. The average molecular weight is 234 g/mol. The van der Waals surface area contributed by atoms with Crippen LogP contribution < -0.4 is 4.74 Å². The molecule has 88 valence electrons. The van der Waals surface area contributed by atoms with E-state index < -0.39 is 5.97 Å². The van der Waals surface area contributed by atoms with Gasteiger partial charge in [0.15, 0.2) is 0 Å². The summed E-state index contributed by atoms with van der Waals surface area (Å²) in [5, 5.41) is 17.7. The highest BCUT2D eigenvalue weighted by Gasteiger charge is 2.07. The first-order valence-electron chi connectivity index (χ1n) is 4.84. The van der Waals surface area contributed by atoms with Gasteiger partial charge in [-0.05, 0) is 24.3 Å². The van der Waals surface area contributed by atoms with Crippen LogP contribution in [0.5, 0.6) is 11.5 Å². The molecular formula is C11H10N2O4. The summed E-state index contributed by atoms with van der Waals surface area (Å²) >= 11 is 0. The van der Waals surface area contributed by atoms with Crippen LogP contribution >= 0.6 is 0 Å². The number of phenols is 1. The van der Waals surface area contributed by atoms with Gasteiger partial charge in [-0.15, -0.1) is 0 Å². The van der Waals surface area contributed by atoms with Crippen LogP contribution in [0.1, 0.15) is 16.3 Å². The zero-order valence-electron chi connectivity index (χ0n) is 8.75. The van der Waals surface area contributed by atoms with Gasteiger partial charge in [-0.2, -0.15) is 0 Å². The smallest absolute Gasteiger partial charge is 0.371 e. The van der Waals surface area contributed by atoms with Crippen molar-refractivity contribution < 1.29 is 19.7 Å². The molecule has 1 heterocycles. The second-order valence-corrected chi connectivity index (χ2v) is 3.34. The number of carboxylic acid groups (broad SMARTS) is 1. The van der Waals surface area contributed by atoms with Gasteiger partial charge in [0.05, 0.1) is 11.9 Å². The fraction of sp³-hybridized carbons (Fsp3) is 0.0909. The van der Waals surface area contributed by atoms with Crippen LogP contribution in [0, 0.1) is 0 Å². The molecule has 2 aromatic rings. The Labute approximate surface area is 96.5 Å². The normalized spacial score (nSPS) is 10.1. The first-order valence-corrected chi connectivity index (χ1v) is 4.84. The highest BCUT2D eigenvalue weighted by atomic mass is 16.5. The molecule has 1 aromatic carbocycles. The van der Waals surface area contributed by atoms with E-state index in [2.05, 4.69) is 9.97 Å². The minimum Gasteiger partial charge on any atom is -0.508 e. The molecule has 0 saturated heterocycles. The molecule has 3 N–H and O–H groups in total. The summed E-state index contributed by atoms with van der Waals surface area (Å²) in [6.45, 7) is 0.186. The number of carbonyl (C=O) groups is 1. The maximum atomic E-state index is 10.6. The summed E-state index contributed by atoms with van der Waals surface area (Å²) in [5.41, 5.74) is 0.565. The predicted octanol–water partition coefficient (Wildman–Crippen LogP) is 1.39. The standard InChI is InChI=1S/C11H10N2O4/c14-8-1-3-9(4-2-8)17-6-7-5-12-10(13-7)11(15)16/h1-5,14H,6H2,(H,12,13)(H,15,16). The van der Waals surface area contributed by atoms with Gasteiger partial charge in [-0.3, -0.25) is 0 Å². The summed E-state index contributed by atoms with van der Waals surface area (Å²) in [5.74, 6) is -0.489. The Bertz CT molecular complexity index is 519. The highest BCUT2D eigenvalue weighted by molar-refractivity contribution is 5.83. The zero-order valence-corrected chi connectivity index (χ0v) is 8.75. The lowest BCUT2D eigenvalue weighted by Crippen LogP contribution is -2.00. The molecule has 6 nitrogen and oxygen atoms in total.